The number of nitrogens with zero attached hydrogens (tertiary/aromatic N) is 2. The van der Waals surface area contributed by atoms with Crippen molar-refractivity contribution in [1.29, 1.82) is 0 Å². The number of anilines is 1. The molecule has 22 heavy (non-hydrogen) atoms. The summed E-state index contributed by atoms with van der Waals surface area (Å²) in [5.74, 6) is 0.357. The molecule has 0 radical (unpaired) electrons. The van der Waals surface area contributed by atoms with E-state index in [2.05, 4.69) is 15.5 Å². The number of carbonyl (C=O) groups is 1. The molecule has 0 bridgehead atoms. The minimum absolute atomic E-state index is 0.0212. The Morgan fingerprint density at radius 2 is 2.23 bits per heavy atom. The smallest absolute Gasteiger partial charge is 0.230 e. The lowest BCUT2D eigenvalue weighted by atomic mass is 9.84. The van der Waals surface area contributed by atoms with Crippen LogP contribution in [0.25, 0.3) is 0 Å². The van der Waals surface area contributed by atoms with Crippen LogP contribution in [0.3, 0.4) is 0 Å². The molecule has 1 unspecified atom stereocenters. The SMILES string of the molecule is Nc1nnc(SCC(=O)NC2CCOC3(CCOCC3)C2)s1. The standard InChI is InChI=1S/C13H20N4O3S2/c14-11-16-17-12(22-11)21-8-10(18)15-9-1-4-20-13(7-9)2-5-19-6-3-13/h9H,1-8H2,(H2,14,16)(H,15,18). The van der Waals surface area contributed by atoms with Gasteiger partial charge in [-0.1, -0.05) is 23.1 Å². The largest absolute Gasteiger partial charge is 0.381 e. The van der Waals surface area contributed by atoms with Crippen molar-refractivity contribution in [3.63, 3.8) is 0 Å². The third-order valence-corrected chi connectivity index (χ3v) is 5.90. The van der Waals surface area contributed by atoms with Gasteiger partial charge in [-0.3, -0.25) is 4.79 Å². The minimum atomic E-state index is -0.102. The predicted octanol–water partition coefficient (Wildman–Crippen LogP) is 1.06. The summed E-state index contributed by atoms with van der Waals surface area (Å²) < 4.78 is 12.1. The van der Waals surface area contributed by atoms with Crippen molar-refractivity contribution in [3.05, 3.63) is 0 Å². The summed E-state index contributed by atoms with van der Waals surface area (Å²) in [7, 11) is 0. The highest BCUT2D eigenvalue weighted by Crippen LogP contribution is 2.34. The van der Waals surface area contributed by atoms with E-state index in [4.69, 9.17) is 15.2 Å². The van der Waals surface area contributed by atoms with Gasteiger partial charge in [-0.2, -0.15) is 0 Å². The van der Waals surface area contributed by atoms with Crippen LogP contribution in [0, 0.1) is 0 Å². The first-order chi connectivity index (χ1) is 10.7. The van der Waals surface area contributed by atoms with Crippen molar-refractivity contribution < 1.29 is 14.3 Å². The Morgan fingerprint density at radius 1 is 1.41 bits per heavy atom. The summed E-state index contributed by atoms with van der Waals surface area (Å²) in [6.07, 6.45) is 3.57. The van der Waals surface area contributed by atoms with Crippen molar-refractivity contribution >= 4 is 34.1 Å². The van der Waals surface area contributed by atoms with E-state index in [-0.39, 0.29) is 17.6 Å². The van der Waals surface area contributed by atoms with Crippen LogP contribution in [-0.4, -0.2) is 53.3 Å². The summed E-state index contributed by atoms with van der Waals surface area (Å²) in [6.45, 7) is 2.19. The highest BCUT2D eigenvalue weighted by molar-refractivity contribution is 8.01. The fourth-order valence-corrected chi connectivity index (χ4v) is 4.37. The van der Waals surface area contributed by atoms with E-state index in [0.717, 1.165) is 43.2 Å². The van der Waals surface area contributed by atoms with Gasteiger partial charge in [0.05, 0.1) is 11.4 Å². The predicted molar refractivity (Wildman–Crippen MR) is 84.9 cm³/mol. The van der Waals surface area contributed by atoms with Crippen LogP contribution in [0.2, 0.25) is 0 Å². The number of carbonyl (C=O) groups excluding carboxylic acids is 1. The van der Waals surface area contributed by atoms with Crippen LogP contribution < -0.4 is 11.1 Å². The molecule has 2 fully saturated rings. The Kier molecular flexibility index (Phi) is 5.17. The molecule has 2 saturated heterocycles. The fraction of sp³-hybridized carbons (Fsp3) is 0.769. The van der Waals surface area contributed by atoms with Gasteiger partial charge >= 0.3 is 0 Å². The second-order valence-corrected chi connectivity index (χ2v) is 7.83. The molecule has 3 rings (SSSR count). The molecule has 122 valence electrons. The molecule has 1 atom stereocenters. The van der Waals surface area contributed by atoms with Crippen LogP contribution >= 0.6 is 23.1 Å². The number of thioether (sulfide) groups is 1. The lowest BCUT2D eigenvalue weighted by Crippen LogP contribution is -2.51. The molecule has 0 saturated carbocycles. The van der Waals surface area contributed by atoms with E-state index in [1.807, 2.05) is 0 Å². The molecule has 0 aromatic carbocycles. The molecule has 1 spiro atoms. The quantitative estimate of drug-likeness (QED) is 0.788. The second-order valence-electron chi connectivity index (χ2n) is 5.60. The van der Waals surface area contributed by atoms with Crippen molar-refractivity contribution in [2.24, 2.45) is 0 Å². The number of aromatic nitrogens is 2. The third kappa shape index (κ3) is 4.09. The summed E-state index contributed by atoms with van der Waals surface area (Å²) >= 11 is 2.66. The van der Waals surface area contributed by atoms with E-state index >= 15 is 0 Å². The number of amides is 1. The zero-order valence-corrected chi connectivity index (χ0v) is 13.9. The Morgan fingerprint density at radius 3 is 2.95 bits per heavy atom. The highest BCUT2D eigenvalue weighted by Gasteiger charge is 2.39. The molecule has 2 aliphatic rings. The normalized spacial score (nSPS) is 24.3. The summed E-state index contributed by atoms with van der Waals surface area (Å²) in [5, 5.41) is 11.2. The first kappa shape index (κ1) is 16.0. The van der Waals surface area contributed by atoms with Gasteiger partial charge < -0.3 is 20.5 Å². The van der Waals surface area contributed by atoms with Crippen LogP contribution in [-0.2, 0) is 14.3 Å². The van der Waals surface area contributed by atoms with Gasteiger partial charge in [-0.05, 0) is 25.7 Å². The molecule has 2 aliphatic heterocycles. The highest BCUT2D eigenvalue weighted by atomic mass is 32.2. The Balaban J connectivity index is 1.46. The Bertz CT molecular complexity index is 514. The number of rotatable bonds is 4. The van der Waals surface area contributed by atoms with E-state index in [1.165, 1.54) is 23.1 Å². The van der Waals surface area contributed by atoms with E-state index in [9.17, 15) is 4.79 Å². The first-order valence-corrected chi connectivity index (χ1v) is 9.18. The monoisotopic (exact) mass is 344 g/mol. The molecule has 9 heteroatoms. The zero-order chi connectivity index (χ0) is 15.4. The Hall–Kier alpha value is -0.900. The summed E-state index contributed by atoms with van der Waals surface area (Å²) in [5.41, 5.74) is 5.42. The van der Waals surface area contributed by atoms with Crippen LogP contribution in [0.15, 0.2) is 4.34 Å². The van der Waals surface area contributed by atoms with Gasteiger partial charge in [0.25, 0.3) is 0 Å². The van der Waals surface area contributed by atoms with Gasteiger partial charge in [0.2, 0.25) is 11.0 Å². The molecular formula is C13H20N4O3S2. The first-order valence-electron chi connectivity index (χ1n) is 7.38. The van der Waals surface area contributed by atoms with Gasteiger partial charge in [-0.15, -0.1) is 10.2 Å². The van der Waals surface area contributed by atoms with Gasteiger partial charge in [0, 0.05) is 25.9 Å². The summed E-state index contributed by atoms with van der Waals surface area (Å²) in [4.78, 5) is 12.1. The Labute approximate surface area is 137 Å². The average Bonchev–Trinajstić information content (AvgIpc) is 2.92. The zero-order valence-electron chi connectivity index (χ0n) is 12.2. The lowest BCUT2D eigenvalue weighted by Gasteiger charge is -2.43. The molecular weight excluding hydrogens is 324 g/mol. The van der Waals surface area contributed by atoms with Crippen molar-refractivity contribution in [2.45, 2.75) is 41.7 Å². The molecule has 3 heterocycles. The van der Waals surface area contributed by atoms with Gasteiger partial charge in [0.15, 0.2) is 4.34 Å². The number of hydrogen-bond donors (Lipinski definition) is 2. The number of nitrogens with one attached hydrogen (secondary N) is 1. The maximum atomic E-state index is 12.1. The third-order valence-electron chi connectivity index (χ3n) is 4.01. The van der Waals surface area contributed by atoms with E-state index < -0.39 is 0 Å². The van der Waals surface area contributed by atoms with E-state index in [0.29, 0.717) is 17.5 Å². The maximum absolute atomic E-state index is 12.1. The average molecular weight is 344 g/mol. The summed E-state index contributed by atoms with van der Waals surface area (Å²) in [6, 6.07) is 0.180. The number of hydrogen-bond acceptors (Lipinski definition) is 8. The molecule has 7 nitrogen and oxygen atoms in total. The van der Waals surface area contributed by atoms with E-state index in [1.54, 1.807) is 0 Å². The van der Waals surface area contributed by atoms with Crippen LogP contribution in [0.1, 0.15) is 25.7 Å². The molecule has 1 aromatic heterocycles. The molecule has 0 aliphatic carbocycles. The van der Waals surface area contributed by atoms with Crippen LogP contribution in [0.4, 0.5) is 5.13 Å². The van der Waals surface area contributed by atoms with Gasteiger partial charge in [-0.25, -0.2) is 0 Å². The second kappa shape index (κ2) is 7.12. The van der Waals surface area contributed by atoms with Gasteiger partial charge in [0.1, 0.15) is 0 Å². The topological polar surface area (TPSA) is 99.4 Å². The number of nitrogens with two attached hydrogens (primary N) is 1. The minimum Gasteiger partial charge on any atom is -0.381 e. The fourth-order valence-electron chi connectivity index (χ4n) is 2.92. The van der Waals surface area contributed by atoms with Crippen molar-refractivity contribution in [2.75, 3.05) is 31.3 Å². The molecule has 3 N–H and O–H groups in total. The van der Waals surface area contributed by atoms with Crippen molar-refractivity contribution in [3.8, 4) is 0 Å². The number of nitrogen functional groups attached to an aromatic ring is 1. The molecule has 1 aromatic rings. The maximum Gasteiger partial charge on any atom is 0.230 e. The van der Waals surface area contributed by atoms with Crippen LogP contribution in [0.5, 0.6) is 0 Å². The number of ether oxygens (including phenoxy) is 2. The van der Waals surface area contributed by atoms with Crippen molar-refractivity contribution in [1.82, 2.24) is 15.5 Å². The lowest BCUT2D eigenvalue weighted by molar-refractivity contribution is -0.143. The molecule has 1 amide bonds.